The van der Waals surface area contributed by atoms with Crippen molar-refractivity contribution in [2.75, 3.05) is 152 Å². The quantitative estimate of drug-likeness (QED) is 0.0471. The van der Waals surface area contributed by atoms with Crippen LogP contribution in [0.15, 0.2) is 41.2 Å². The van der Waals surface area contributed by atoms with Gasteiger partial charge in [-0.15, -0.1) is 0 Å². The summed E-state index contributed by atoms with van der Waals surface area (Å²) < 4.78 is 54.4. The summed E-state index contributed by atoms with van der Waals surface area (Å²) in [5.74, 6) is -0.666. The molecule has 2 aromatic rings. The normalized spacial score (nSPS) is 13.3. The number of nitrogens with zero attached hydrogens (tertiary/aromatic N) is 4. The number of amidine groups is 1. The van der Waals surface area contributed by atoms with E-state index in [1.54, 1.807) is 18.5 Å². The van der Waals surface area contributed by atoms with E-state index in [1.807, 2.05) is 25.1 Å². The Morgan fingerprint density at radius 3 is 1.64 bits per heavy atom. The minimum absolute atomic E-state index is 0.0163. The Labute approximate surface area is 433 Å². The Kier molecular flexibility index (Phi) is 32.5. The molecule has 0 saturated heterocycles. The van der Waals surface area contributed by atoms with Crippen LogP contribution in [0, 0.1) is 0 Å². The molecule has 1 fully saturated rings. The molecule has 74 heavy (non-hydrogen) atoms. The van der Waals surface area contributed by atoms with Gasteiger partial charge in [0.05, 0.1) is 157 Å². The van der Waals surface area contributed by atoms with Crippen LogP contribution in [-0.4, -0.2) is 208 Å². The Bertz CT molecular complexity index is 1960. The van der Waals surface area contributed by atoms with Crippen LogP contribution in [0.4, 0.5) is 10.5 Å². The van der Waals surface area contributed by atoms with Gasteiger partial charge in [0, 0.05) is 61.1 Å². The third kappa shape index (κ3) is 27.9. The fraction of sp³-hybridized carbons (Fsp3) is 0.660. The van der Waals surface area contributed by atoms with E-state index in [4.69, 9.17) is 63.0 Å². The first kappa shape index (κ1) is 61.3. The second-order valence-corrected chi connectivity index (χ2v) is 16.7. The Morgan fingerprint density at radius 2 is 1.16 bits per heavy atom. The number of rotatable bonds is 44. The van der Waals surface area contributed by atoms with E-state index in [2.05, 4.69) is 30.9 Å². The monoisotopic (exact) mass is 1050 g/mol. The van der Waals surface area contributed by atoms with E-state index in [-0.39, 0.29) is 81.9 Å². The summed E-state index contributed by atoms with van der Waals surface area (Å²) >= 11 is 0. The lowest BCUT2D eigenvalue weighted by atomic mass is 9.93. The number of hydroxylamine groups is 2. The van der Waals surface area contributed by atoms with Crippen LogP contribution in [0.5, 0.6) is 0 Å². The van der Waals surface area contributed by atoms with Crippen molar-refractivity contribution in [3.8, 4) is 11.1 Å². The van der Waals surface area contributed by atoms with E-state index in [9.17, 15) is 19.2 Å². The van der Waals surface area contributed by atoms with Crippen molar-refractivity contribution in [3.63, 3.8) is 0 Å². The number of hydrogen-bond acceptors (Lipinski definition) is 19. The number of ether oxygens (including phenoxy) is 10. The Morgan fingerprint density at radius 1 is 0.662 bits per heavy atom. The Hall–Kier alpha value is -5.25. The minimum Gasteiger partial charge on any atom is -0.481 e. The average molecular weight is 1050 g/mol. The molecule has 414 valence electrons. The zero-order valence-corrected chi connectivity index (χ0v) is 42.9. The lowest BCUT2D eigenvalue weighted by Crippen LogP contribution is -2.46. The van der Waals surface area contributed by atoms with Crippen LogP contribution in [-0.2, 0) is 73.1 Å². The van der Waals surface area contributed by atoms with Crippen molar-refractivity contribution in [2.45, 2.75) is 64.5 Å². The standard InChI is InChI=1S/C50H78N8O16/c1-2-11-58(74-14-10-52-50(63)56-43-4-3-5-43)49(62)41-33-40-7-6-39(34-44(40)57-45(51)35-41)42-36-53-46(54-37-42)38-55-47(59)8-12-64-15-17-66-19-21-68-23-25-70-27-29-72-31-32-73-30-28-71-26-24-69-22-20-67-18-16-65-13-9-48(60)61/h6-7,33-34,36-37,43H,2-5,8-32,35,38H2,1H3,(H2,51,57)(H,55,59)(H,60,61)(H2,52,56,63). The third-order valence-electron chi connectivity index (χ3n) is 10.8. The van der Waals surface area contributed by atoms with Crippen molar-refractivity contribution in [1.29, 1.82) is 0 Å². The maximum absolute atomic E-state index is 13.6. The average Bonchev–Trinajstić information content (AvgIpc) is 3.55. The SMILES string of the molecule is CCCN(OCCNC(=O)NC1CCC1)C(=O)C1=Cc2ccc(-c3cnc(CNC(=O)CCOCCOCCOCCOCCOCCOCCOCCOCCOCCOCCC(=O)O)nc3)cc2N=C(N)C1. The third-order valence-corrected chi connectivity index (χ3v) is 10.8. The summed E-state index contributed by atoms with van der Waals surface area (Å²) in [6.45, 7) is 10.9. The number of fused-ring (bicyclic) bond motifs is 1. The lowest BCUT2D eigenvalue weighted by Gasteiger charge is -2.26. The van der Waals surface area contributed by atoms with Gasteiger partial charge in [-0.3, -0.25) is 19.2 Å². The van der Waals surface area contributed by atoms with Crippen LogP contribution in [0.3, 0.4) is 0 Å². The van der Waals surface area contributed by atoms with Gasteiger partial charge in [0.15, 0.2) is 0 Å². The van der Waals surface area contributed by atoms with Gasteiger partial charge in [-0.05, 0) is 43.4 Å². The van der Waals surface area contributed by atoms with Crippen molar-refractivity contribution < 1.29 is 76.5 Å². The zero-order valence-electron chi connectivity index (χ0n) is 42.9. The number of carboxylic acids is 1. The molecule has 0 unspecified atom stereocenters. The van der Waals surface area contributed by atoms with Gasteiger partial charge in [0.25, 0.3) is 5.91 Å². The summed E-state index contributed by atoms with van der Waals surface area (Å²) in [4.78, 5) is 67.8. The molecular weight excluding hydrogens is 969 g/mol. The van der Waals surface area contributed by atoms with Gasteiger partial charge < -0.3 is 74.2 Å². The van der Waals surface area contributed by atoms with Crippen molar-refractivity contribution in [2.24, 2.45) is 10.7 Å². The fourth-order valence-electron chi connectivity index (χ4n) is 6.67. The topological polar surface area (TPSA) is 294 Å². The van der Waals surface area contributed by atoms with Gasteiger partial charge in [-0.1, -0.05) is 19.1 Å². The fourth-order valence-corrected chi connectivity index (χ4v) is 6.67. The van der Waals surface area contributed by atoms with E-state index < -0.39 is 5.97 Å². The molecule has 1 aliphatic heterocycles. The highest BCUT2D eigenvalue weighted by Crippen LogP contribution is 2.32. The molecule has 1 aliphatic carbocycles. The minimum atomic E-state index is -0.885. The molecule has 2 heterocycles. The molecule has 0 atom stereocenters. The van der Waals surface area contributed by atoms with Gasteiger partial charge in [-0.25, -0.2) is 24.8 Å². The molecule has 1 aromatic carbocycles. The number of nitrogens with one attached hydrogen (secondary N) is 3. The smallest absolute Gasteiger partial charge is 0.315 e. The number of hydrogen-bond donors (Lipinski definition) is 5. The van der Waals surface area contributed by atoms with E-state index in [1.165, 1.54) is 5.06 Å². The van der Waals surface area contributed by atoms with Crippen LogP contribution < -0.4 is 21.7 Å². The second-order valence-electron chi connectivity index (χ2n) is 16.7. The summed E-state index contributed by atoms with van der Waals surface area (Å²) in [5.41, 5.74) is 9.60. The molecule has 24 nitrogen and oxygen atoms in total. The number of nitrogens with two attached hydrogens (primary N) is 1. The first-order chi connectivity index (χ1) is 36.2. The van der Waals surface area contributed by atoms with Gasteiger partial charge >= 0.3 is 12.0 Å². The largest absolute Gasteiger partial charge is 0.481 e. The predicted octanol–water partition coefficient (Wildman–Crippen LogP) is 2.59. The second kappa shape index (κ2) is 39.2. The molecule has 6 N–H and O–H groups in total. The highest BCUT2D eigenvalue weighted by molar-refractivity contribution is 6.05. The summed E-state index contributed by atoms with van der Waals surface area (Å²) in [6, 6.07) is 5.61. The molecule has 4 rings (SSSR count). The van der Waals surface area contributed by atoms with Crippen LogP contribution in [0.1, 0.15) is 63.3 Å². The van der Waals surface area contributed by atoms with Gasteiger partial charge in [-0.2, -0.15) is 0 Å². The maximum Gasteiger partial charge on any atom is 0.315 e. The molecule has 1 saturated carbocycles. The number of urea groups is 1. The first-order valence-corrected chi connectivity index (χ1v) is 25.5. The van der Waals surface area contributed by atoms with Crippen molar-refractivity contribution in [3.05, 3.63) is 47.6 Å². The number of carboxylic acid groups (broad SMARTS) is 1. The zero-order chi connectivity index (χ0) is 52.7. The number of aliphatic imine (C=N–C) groups is 1. The van der Waals surface area contributed by atoms with E-state index in [0.717, 1.165) is 36.0 Å². The highest BCUT2D eigenvalue weighted by Gasteiger charge is 2.23. The van der Waals surface area contributed by atoms with Crippen LogP contribution >= 0.6 is 0 Å². The van der Waals surface area contributed by atoms with Gasteiger partial charge in [0.2, 0.25) is 5.91 Å². The molecule has 24 heteroatoms. The predicted molar refractivity (Wildman–Crippen MR) is 270 cm³/mol. The van der Waals surface area contributed by atoms with Gasteiger partial charge in [0.1, 0.15) is 11.7 Å². The number of benzene rings is 1. The molecule has 0 bridgehead atoms. The Balaban J connectivity index is 0.931. The van der Waals surface area contributed by atoms with Crippen LogP contribution in [0.2, 0.25) is 0 Å². The van der Waals surface area contributed by atoms with E-state index in [0.29, 0.717) is 149 Å². The number of carbonyl (C=O) groups excluding carboxylic acids is 3. The number of aromatic nitrogens is 2. The molecule has 0 radical (unpaired) electrons. The summed E-state index contributed by atoms with van der Waals surface area (Å²) in [5, 5.41) is 18.3. The van der Waals surface area contributed by atoms with Crippen molar-refractivity contribution in [1.82, 2.24) is 31.0 Å². The van der Waals surface area contributed by atoms with E-state index >= 15 is 0 Å². The number of aliphatic carboxylic acids is 1. The summed E-state index contributed by atoms with van der Waals surface area (Å²) in [7, 11) is 0. The summed E-state index contributed by atoms with van der Waals surface area (Å²) in [6.07, 6.45) is 9.22. The highest BCUT2D eigenvalue weighted by atomic mass is 16.7. The number of amides is 4. The lowest BCUT2D eigenvalue weighted by molar-refractivity contribution is -0.181. The number of carbonyl (C=O) groups is 4. The molecule has 1 aromatic heterocycles. The maximum atomic E-state index is 13.6. The molecular formula is C50H78N8O16. The van der Waals surface area contributed by atoms with Crippen molar-refractivity contribution >= 4 is 41.4 Å². The molecule has 4 amide bonds. The molecule has 0 spiro atoms. The molecule has 2 aliphatic rings. The van der Waals surface area contributed by atoms with Crippen LogP contribution in [0.25, 0.3) is 17.2 Å². The first-order valence-electron chi connectivity index (χ1n) is 25.5.